The summed E-state index contributed by atoms with van der Waals surface area (Å²) in [5.74, 6) is 0. The quantitative estimate of drug-likeness (QED) is 0.467. The van der Waals surface area contributed by atoms with Gasteiger partial charge >= 0.3 is 0 Å². The third kappa shape index (κ3) is 2.64. The zero-order chi connectivity index (χ0) is 16.7. The molecular formula is C25H32. The molecule has 0 aliphatic heterocycles. The van der Waals surface area contributed by atoms with E-state index in [-0.39, 0.29) is 0 Å². The van der Waals surface area contributed by atoms with Crippen LogP contribution >= 0.6 is 0 Å². The Kier molecular flexibility index (Phi) is 4.11. The van der Waals surface area contributed by atoms with Gasteiger partial charge in [-0.2, -0.15) is 0 Å². The minimum atomic E-state index is 0.318. The fraction of sp³-hybridized carbons (Fsp3) is 0.600. The molecule has 1 atom stereocenters. The van der Waals surface area contributed by atoms with Crippen molar-refractivity contribution in [2.24, 2.45) is 5.41 Å². The van der Waals surface area contributed by atoms with Gasteiger partial charge in [-0.05, 0) is 106 Å². The van der Waals surface area contributed by atoms with E-state index in [1.807, 2.05) is 5.57 Å². The Morgan fingerprint density at radius 2 is 1.36 bits per heavy atom. The highest BCUT2D eigenvalue weighted by Crippen LogP contribution is 2.61. The van der Waals surface area contributed by atoms with Crippen LogP contribution in [0.25, 0.3) is 0 Å². The van der Waals surface area contributed by atoms with E-state index in [0.29, 0.717) is 5.41 Å². The molecule has 0 saturated carbocycles. The van der Waals surface area contributed by atoms with Gasteiger partial charge in [0.25, 0.3) is 0 Å². The molecule has 0 heterocycles. The third-order valence-corrected chi connectivity index (χ3v) is 7.31. The molecule has 0 heteroatoms. The molecule has 0 amide bonds. The van der Waals surface area contributed by atoms with Gasteiger partial charge in [0, 0.05) is 5.41 Å². The molecule has 0 nitrogen and oxygen atoms in total. The SMILES string of the molecule is C1=C(C2=C(C3=CCCC3)C(C3=CC3)(C3=CCC3)CCCC2)CCCC1. The molecule has 1 unspecified atom stereocenters. The molecule has 25 heavy (non-hydrogen) atoms. The molecular weight excluding hydrogens is 300 g/mol. The fourth-order valence-corrected chi connectivity index (χ4v) is 5.92. The lowest BCUT2D eigenvalue weighted by Gasteiger charge is -2.42. The van der Waals surface area contributed by atoms with Crippen LogP contribution in [0.4, 0.5) is 0 Å². The van der Waals surface area contributed by atoms with E-state index in [9.17, 15) is 0 Å². The summed E-state index contributed by atoms with van der Waals surface area (Å²) in [4.78, 5) is 0. The van der Waals surface area contributed by atoms with Crippen molar-refractivity contribution in [3.05, 3.63) is 57.7 Å². The van der Waals surface area contributed by atoms with E-state index < -0.39 is 0 Å². The Bertz CT molecular complexity index is 721. The van der Waals surface area contributed by atoms with E-state index in [1.165, 1.54) is 89.9 Å². The van der Waals surface area contributed by atoms with Gasteiger partial charge in [0.15, 0.2) is 0 Å². The molecule has 0 spiro atoms. The number of hydrogen-bond donors (Lipinski definition) is 0. The normalized spacial score (nSPS) is 32.3. The highest BCUT2D eigenvalue weighted by atomic mass is 14.5. The van der Waals surface area contributed by atoms with Crippen molar-refractivity contribution in [2.45, 2.75) is 89.9 Å². The van der Waals surface area contributed by atoms with E-state index >= 15 is 0 Å². The number of rotatable bonds is 4. The molecule has 5 aliphatic carbocycles. The van der Waals surface area contributed by atoms with Crippen LogP contribution in [0, 0.1) is 5.41 Å². The molecule has 0 saturated heterocycles. The largest absolute Gasteiger partial charge is 0.0838 e. The van der Waals surface area contributed by atoms with Gasteiger partial charge in [-0.15, -0.1) is 0 Å². The average molecular weight is 333 g/mol. The van der Waals surface area contributed by atoms with Crippen LogP contribution < -0.4 is 0 Å². The van der Waals surface area contributed by atoms with Crippen molar-refractivity contribution in [1.29, 1.82) is 0 Å². The van der Waals surface area contributed by atoms with Crippen LogP contribution in [0.2, 0.25) is 0 Å². The summed E-state index contributed by atoms with van der Waals surface area (Å²) in [5.41, 5.74) is 11.0. The van der Waals surface area contributed by atoms with Crippen LogP contribution in [-0.4, -0.2) is 0 Å². The minimum Gasteiger partial charge on any atom is -0.0838 e. The van der Waals surface area contributed by atoms with Crippen LogP contribution in [0.3, 0.4) is 0 Å². The highest BCUT2D eigenvalue weighted by molar-refractivity contribution is 5.61. The summed E-state index contributed by atoms with van der Waals surface area (Å²) in [7, 11) is 0. The van der Waals surface area contributed by atoms with E-state index in [0.717, 1.165) is 0 Å². The van der Waals surface area contributed by atoms with Crippen LogP contribution in [0.1, 0.15) is 89.9 Å². The first-order chi connectivity index (χ1) is 12.4. The maximum Gasteiger partial charge on any atom is 0.0379 e. The van der Waals surface area contributed by atoms with Gasteiger partial charge in [-0.25, -0.2) is 0 Å². The monoisotopic (exact) mass is 332 g/mol. The number of allylic oxidation sites excluding steroid dienone is 10. The van der Waals surface area contributed by atoms with Gasteiger partial charge in [0.05, 0.1) is 0 Å². The lowest BCUT2D eigenvalue weighted by atomic mass is 9.61. The molecule has 132 valence electrons. The Morgan fingerprint density at radius 1 is 0.600 bits per heavy atom. The zero-order valence-electron chi connectivity index (χ0n) is 15.7. The minimum absolute atomic E-state index is 0.318. The predicted octanol–water partition coefficient (Wildman–Crippen LogP) is 7.50. The Morgan fingerprint density at radius 3 is 2.00 bits per heavy atom. The van der Waals surface area contributed by atoms with Gasteiger partial charge < -0.3 is 0 Å². The summed E-state index contributed by atoms with van der Waals surface area (Å²) in [6.45, 7) is 0. The first kappa shape index (κ1) is 15.9. The van der Waals surface area contributed by atoms with Crippen molar-refractivity contribution < 1.29 is 0 Å². The summed E-state index contributed by atoms with van der Waals surface area (Å²) in [6, 6.07) is 0. The number of hydrogen-bond acceptors (Lipinski definition) is 0. The first-order valence-electron chi connectivity index (χ1n) is 10.9. The summed E-state index contributed by atoms with van der Waals surface area (Å²) >= 11 is 0. The van der Waals surface area contributed by atoms with Gasteiger partial charge in [-0.3, -0.25) is 0 Å². The predicted molar refractivity (Wildman–Crippen MR) is 106 cm³/mol. The molecule has 5 rings (SSSR count). The molecule has 0 aromatic rings. The standard InChI is InChI=1S/C25H32/c1-2-9-19(10-3-1)23-15-6-7-18-25(22-16-17-22,21-13-8-14-21)24(23)20-11-4-5-12-20/h9,11,13,16H,1-8,10,12,14-15,17-18H2. The summed E-state index contributed by atoms with van der Waals surface area (Å²) in [6.07, 6.45) is 29.3. The van der Waals surface area contributed by atoms with Crippen molar-refractivity contribution >= 4 is 0 Å². The topological polar surface area (TPSA) is 0 Å². The third-order valence-electron chi connectivity index (χ3n) is 7.31. The highest BCUT2D eigenvalue weighted by Gasteiger charge is 2.48. The second-order valence-corrected chi connectivity index (χ2v) is 8.76. The lowest BCUT2D eigenvalue weighted by molar-refractivity contribution is 0.437. The van der Waals surface area contributed by atoms with Crippen molar-refractivity contribution in [3.8, 4) is 0 Å². The van der Waals surface area contributed by atoms with Gasteiger partial charge in [-0.1, -0.05) is 41.9 Å². The molecule has 0 radical (unpaired) electrons. The van der Waals surface area contributed by atoms with Gasteiger partial charge in [0.2, 0.25) is 0 Å². The van der Waals surface area contributed by atoms with Gasteiger partial charge in [0.1, 0.15) is 0 Å². The fourth-order valence-electron chi connectivity index (χ4n) is 5.92. The van der Waals surface area contributed by atoms with E-state index in [2.05, 4.69) is 24.3 Å². The lowest BCUT2D eigenvalue weighted by Crippen LogP contribution is -2.30. The molecule has 0 aromatic carbocycles. The van der Waals surface area contributed by atoms with Crippen LogP contribution in [0.5, 0.6) is 0 Å². The molecule has 0 aromatic heterocycles. The van der Waals surface area contributed by atoms with Crippen LogP contribution in [0.15, 0.2) is 57.7 Å². The zero-order valence-corrected chi connectivity index (χ0v) is 15.7. The Hall–Kier alpha value is -1.30. The van der Waals surface area contributed by atoms with Crippen LogP contribution in [-0.2, 0) is 0 Å². The molecule has 0 bridgehead atoms. The molecule has 5 aliphatic rings. The van der Waals surface area contributed by atoms with Crippen molar-refractivity contribution in [1.82, 2.24) is 0 Å². The average Bonchev–Trinajstić information content (AvgIpc) is 3.35. The Labute approximate surface area is 153 Å². The van der Waals surface area contributed by atoms with Crippen molar-refractivity contribution in [2.75, 3.05) is 0 Å². The first-order valence-corrected chi connectivity index (χ1v) is 10.9. The van der Waals surface area contributed by atoms with E-state index in [1.54, 1.807) is 27.9 Å². The second-order valence-electron chi connectivity index (χ2n) is 8.76. The summed E-state index contributed by atoms with van der Waals surface area (Å²) in [5, 5.41) is 0. The second kappa shape index (κ2) is 6.45. The summed E-state index contributed by atoms with van der Waals surface area (Å²) < 4.78 is 0. The maximum absolute atomic E-state index is 2.61. The maximum atomic E-state index is 2.61. The van der Waals surface area contributed by atoms with E-state index in [4.69, 9.17) is 0 Å². The smallest absolute Gasteiger partial charge is 0.0379 e. The Balaban J connectivity index is 1.73. The molecule has 0 N–H and O–H groups in total. The molecule has 0 fully saturated rings. The van der Waals surface area contributed by atoms with Crippen molar-refractivity contribution in [3.63, 3.8) is 0 Å².